The smallest absolute Gasteiger partial charge is 0.313 e. The Bertz CT molecular complexity index is 1510. The second-order valence-corrected chi connectivity index (χ2v) is 16.8. The first kappa shape index (κ1) is 30.0. The number of aryl methyl sites for hydroxylation is 1. The summed E-state index contributed by atoms with van der Waals surface area (Å²) < 4.78 is 20.9. The van der Waals surface area contributed by atoms with Gasteiger partial charge in [0.2, 0.25) is 11.7 Å². The average Bonchev–Trinajstić information content (AvgIpc) is 3.51. The van der Waals surface area contributed by atoms with Crippen LogP contribution in [0.1, 0.15) is 0 Å². The Kier molecular flexibility index (Phi) is 9.25. The zero-order chi connectivity index (χ0) is 29.7. The number of benzene rings is 1. The van der Waals surface area contributed by atoms with Crippen molar-refractivity contribution in [1.82, 2.24) is 29.2 Å². The van der Waals surface area contributed by atoms with Crippen molar-refractivity contribution in [2.75, 3.05) is 46.3 Å². The van der Waals surface area contributed by atoms with Crippen molar-refractivity contribution >= 4 is 36.4 Å². The summed E-state index contributed by atoms with van der Waals surface area (Å²) in [6, 6.07) is 5.89. The Morgan fingerprint density at radius 2 is 1.93 bits per heavy atom. The van der Waals surface area contributed by atoms with Crippen LogP contribution in [0.5, 0.6) is 11.5 Å². The standard InChI is InChI=1S/C27H38N8O5Si/c1-32(2)10-11-40-24-15-23(38-4)21(14-22(24)35(36)37)29-27-30-25(19-16-28-33(3)17-19)20-8-9-34(26(20)31-27)18-39-12-13-41(5,6)7/h8-9,14-17H,10-13,18H2,1-7H3,(H,29,30,31). The zero-order valence-electron chi connectivity index (χ0n) is 24.7. The van der Waals surface area contributed by atoms with Gasteiger partial charge in [0.05, 0.1) is 29.6 Å². The number of nitro benzene ring substituents is 1. The van der Waals surface area contributed by atoms with Crippen molar-refractivity contribution in [2.45, 2.75) is 32.4 Å². The van der Waals surface area contributed by atoms with E-state index < -0.39 is 13.0 Å². The minimum absolute atomic E-state index is 0.121. The van der Waals surface area contributed by atoms with Crippen LogP contribution in [-0.4, -0.2) is 83.2 Å². The monoisotopic (exact) mass is 582 g/mol. The number of fused-ring (bicyclic) bond motifs is 1. The third kappa shape index (κ3) is 7.59. The maximum atomic E-state index is 11.9. The predicted molar refractivity (Wildman–Crippen MR) is 161 cm³/mol. The normalized spacial score (nSPS) is 11.8. The van der Waals surface area contributed by atoms with Crippen LogP contribution in [-0.2, 0) is 18.5 Å². The Morgan fingerprint density at radius 3 is 2.56 bits per heavy atom. The van der Waals surface area contributed by atoms with Crippen LogP contribution >= 0.6 is 0 Å². The van der Waals surface area contributed by atoms with Gasteiger partial charge >= 0.3 is 5.69 Å². The van der Waals surface area contributed by atoms with E-state index >= 15 is 0 Å². The van der Waals surface area contributed by atoms with E-state index in [1.807, 2.05) is 49.1 Å². The van der Waals surface area contributed by atoms with Crippen molar-refractivity contribution in [3.8, 4) is 22.8 Å². The summed E-state index contributed by atoms with van der Waals surface area (Å²) in [5, 5.41) is 20.2. The van der Waals surface area contributed by atoms with Crippen LogP contribution in [0, 0.1) is 10.1 Å². The van der Waals surface area contributed by atoms with Gasteiger partial charge in [-0.2, -0.15) is 10.1 Å². The van der Waals surface area contributed by atoms with Crippen LogP contribution in [0.15, 0.2) is 36.8 Å². The number of rotatable bonds is 14. The first-order chi connectivity index (χ1) is 19.4. The van der Waals surface area contributed by atoms with Crippen LogP contribution in [0.3, 0.4) is 0 Å². The number of nitro groups is 1. The zero-order valence-corrected chi connectivity index (χ0v) is 25.7. The Hall–Kier alpha value is -4.01. The topological polar surface area (TPSA) is 135 Å². The summed E-state index contributed by atoms with van der Waals surface area (Å²) in [6.45, 7) is 8.84. The molecule has 4 rings (SSSR count). The maximum Gasteiger partial charge on any atom is 0.313 e. The summed E-state index contributed by atoms with van der Waals surface area (Å²) in [5.74, 6) is 0.718. The summed E-state index contributed by atoms with van der Waals surface area (Å²) >= 11 is 0. The third-order valence-electron chi connectivity index (χ3n) is 6.34. The minimum Gasteiger partial charge on any atom is -0.494 e. The van der Waals surface area contributed by atoms with E-state index in [0.717, 1.165) is 17.0 Å². The first-order valence-electron chi connectivity index (χ1n) is 13.3. The molecule has 14 heteroatoms. The number of ether oxygens (including phenoxy) is 3. The molecule has 0 unspecified atom stereocenters. The SMILES string of the molecule is COc1cc(OCCN(C)C)c([N+](=O)[O-])cc1Nc1nc(-c2cnn(C)c2)c2ccn(COCC[Si](C)(C)C)c2n1. The number of methoxy groups -OCH3 is 1. The Balaban J connectivity index is 1.71. The van der Waals surface area contributed by atoms with Gasteiger partial charge in [-0.05, 0) is 26.2 Å². The molecule has 0 aliphatic carbocycles. The van der Waals surface area contributed by atoms with E-state index in [0.29, 0.717) is 42.7 Å². The molecule has 1 aromatic carbocycles. The second-order valence-electron chi connectivity index (χ2n) is 11.2. The fraction of sp³-hybridized carbons (Fsp3) is 0.444. The molecule has 0 bridgehead atoms. The molecule has 3 heterocycles. The van der Waals surface area contributed by atoms with Gasteiger partial charge in [0.25, 0.3) is 0 Å². The highest BCUT2D eigenvalue weighted by atomic mass is 28.3. The predicted octanol–water partition coefficient (Wildman–Crippen LogP) is 4.74. The molecule has 0 aliphatic rings. The van der Waals surface area contributed by atoms with E-state index in [2.05, 4.69) is 30.1 Å². The lowest BCUT2D eigenvalue weighted by Gasteiger charge is -2.16. The highest BCUT2D eigenvalue weighted by Crippen LogP contribution is 2.39. The van der Waals surface area contributed by atoms with Crippen LogP contribution < -0.4 is 14.8 Å². The van der Waals surface area contributed by atoms with Gasteiger partial charge in [-0.3, -0.25) is 14.8 Å². The van der Waals surface area contributed by atoms with Crippen LogP contribution in [0.25, 0.3) is 22.3 Å². The molecule has 0 saturated carbocycles. The summed E-state index contributed by atoms with van der Waals surface area (Å²) in [4.78, 5) is 22.9. The van der Waals surface area contributed by atoms with Gasteiger partial charge in [0.15, 0.2) is 0 Å². The Morgan fingerprint density at radius 1 is 1.15 bits per heavy atom. The van der Waals surface area contributed by atoms with Gasteiger partial charge in [-0.1, -0.05) is 19.6 Å². The molecule has 3 aromatic heterocycles. The highest BCUT2D eigenvalue weighted by molar-refractivity contribution is 6.76. The van der Waals surface area contributed by atoms with Crippen molar-refractivity contribution < 1.29 is 19.1 Å². The van der Waals surface area contributed by atoms with Gasteiger partial charge < -0.3 is 29.0 Å². The number of hydrogen-bond acceptors (Lipinski definition) is 10. The first-order valence-corrected chi connectivity index (χ1v) is 17.0. The van der Waals surface area contributed by atoms with Crippen molar-refractivity contribution in [3.63, 3.8) is 0 Å². The van der Waals surface area contributed by atoms with Gasteiger partial charge in [-0.15, -0.1) is 0 Å². The number of hydrogen-bond donors (Lipinski definition) is 1. The molecule has 0 fully saturated rings. The number of anilines is 2. The van der Waals surface area contributed by atoms with Gasteiger partial charge in [0.1, 0.15) is 24.7 Å². The molecule has 41 heavy (non-hydrogen) atoms. The Labute approximate surface area is 240 Å². The summed E-state index contributed by atoms with van der Waals surface area (Å²) in [6.07, 6.45) is 5.53. The average molecular weight is 583 g/mol. The van der Waals surface area contributed by atoms with E-state index in [1.54, 1.807) is 10.9 Å². The minimum atomic E-state index is -1.22. The lowest BCUT2D eigenvalue weighted by Crippen LogP contribution is -2.22. The molecule has 0 spiro atoms. The van der Waals surface area contributed by atoms with E-state index in [-0.39, 0.29) is 24.0 Å². The van der Waals surface area contributed by atoms with Crippen LogP contribution in [0.4, 0.5) is 17.3 Å². The van der Waals surface area contributed by atoms with E-state index in [9.17, 15) is 10.1 Å². The fourth-order valence-corrected chi connectivity index (χ4v) is 4.82. The van der Waals surface area contributed by atoms with Gasteiger partial charge in [-0.25, -0.2) is 4.98 Å². The van der Waals surface area contributed by atoms with E-state index in [1.165, 1.54) is 19.2 Å². The quantitative estimate of drug-likeness (QED) is 0.0961. The third-order valence-corrected chi connectivity index (χ3v) is 8.05. The number of nitrogens with zero attached hydrogens (tertiary/aromatic N) is 7. The molecule has 0 aliphatic heterocycles. The summed E-state index contributed by atoms with van der Waals surface area (Å²) in [5.41, 5.74) is 2.28. The highest BCUT2D eigenvalue weighted by Gasteiger charge is 2.22. The second kappa shape index (κ2) is 12.7. The molecular weight excluding hydrogens is 544 g/mol. The molecule has 13 nitrogen and oxygen atoms in total. The molecular formula is C27H38N8O5Si. The van der Waals surface area contributed by atoms with E-state index in [4.69, 9.17) is 24.2 Å². The van der Waals surface area contributed by atoms with Crippen LogP contribution in [0.2, 0.25) is 25.7 Å². The maximum absolute atomic E-state index is 11.9. The van der Waals surface area contributed by atoms with Crippen molar-refractivity contribution in [1.29, 1.82) is 0 Å². The number of aromatic nitrogens is 5. The lowest BCUT2D eigenvalue weighted by molar-refractivity contribution is -0.385. The van der Waals surface area contributed by atoms with Gasteiger partial charge in [0, 0.05) is 63.7 Å². The molecule has 0 amide bonds. The largest absolute Gasteiger partial charge is 0.494 e. The van der Waals surface area contributed by atoms with Crippen molar-refractivity contribution in [3.05, 3.63) is 46.9 Å². The van der Waals surface area contributed by atoms with Crippen molar-refractivity contribution in [2.24, 2.45) is 7.05 Å². The molecule has 4 aromatic rings. The fourth-order valence-electron chi connectivity index (χ4n) is 4.06. The lowest BCUT2D eigenvalue weighted by atomic mass is 10.2. The molecule has 0 atom stereocenters. The number of nitrogens with one attached hydrogen (secondary N) is 1. The number of likely N-dealkylation sites (N-methyl/N-ethyl adjacent to an activating group) is 1. The molecule has 0 saturated heterocycles. The summed E-state index contributed by atoms with van der Waals surface area (Å²) in [7, 11) is 5.90. The molecule has 0 radical (unpaired) electrons. The molecule has 220 valence electrons. The molecule has 1 N–H and O–H groups in total.